The lowest BCUT2D eigenvalue weighted by atomic mass is 10.0. The molecule has 1 amide bonds. The van der Waals surface area contributed by atoms with Crippen molar-refractivity contribution in [3.8, 4) is 16.9 Å². The highest BCUT2D eigenvalue weighted by Gasteiger charge is 2.13. The predicted octanol–water partition coefficient (Wildman–Crippen LogP) is 3.02. The summed E-state index contributed by atoms with van der Waals surface area (Å²) in [6, 6.07) is 25.9. The molecule has 0 aromatic heterocycles. The van der Waals surface area contributed by atoms with Crippen LogP contribution in [0.15, 0.2) is 78.9 Å². The van der Waals surface area contributed by atoms with Crippen LogP contribution in [0.1, 0.15) is 5.56 Å². The van der Waals surface area contributed by atoms with Crippen LogP contribution < -0.4 is 15.0 Å². The summed E-state index contributed by atoms with van der Waals surface area (Å²) in [4.78, 5) is 13.7. The fourth-order valence-electron chi connectivity index (χ4n) is 3.12. The fourth-order valence-corrected chi connectivity index (χ4v) is 3.12. The fraction of sp³-hybridized carbons (Fsp3) is 0.174. The van der Waals surface area contributed by atoms with Gasteiger partial charge in [-0.1, -0.05) is 60.7 Å². The molecule has 138 valence electrons. The van der Waals surface area contributed by atoms with Crippen LogP contribution >= 0.6 is 0 Å². The van der Waals surface area contributed by atoms with Gasteiger partial charge < -0.3 is 15.0 Å². The molecular weight excluding hydrogens is 336 g/mol. The average Bonchev–Trinajstić information content (AvgIpc) is 2.69. The molecule has 4 heteroatoms. The van der Waals surface area contributed by atoms with Crippen molar-refractivity contribution < 1.29 is 14.4 Å². The number of hydrogen-bond acceptors (Lipinski definition) is 2. The van der Waals surface area contributed by atoms with Crippen LogP contribution in [0.3, 0.4) is 0 Å². The molecular formula is C23H25N2O2+. The second-order valence-electron chi connectivity index (χ2n) is 6.62. The Morgan fingerprint density at radius 1 is 0.963 bits per heavy atom. The van der Waals surface area contributed by atoms with E-state index in [0.717, 1.165) is 39.6 Å². The number of carbonyl (C=O) groups excluding carboxylic acids is 1. The van der Waals surface area contributed by atoms with Crippen LogP contribution in [0.2, 0.25) is 0 Å². The quantitative estimate of drug-likeness (QED) is 0.679. The summed E-state index contributed by atoms with van der Waals surface area (Å²) < 4.78 is 5.26. The molecule has 2 N–H and O–H groups in total. The molecule has 0 spiro atoms. The molecule has 0 aliphatic rings. The number of likely N-dealkylation sites (N-methyl/N-ethyl adjacent to an activating group) is 1. The topological polar surface area (TPSA) is 42.8 Å². The third-order valence-corrected chi connectivity index (χ3v) is 4.39. The summed E-state index contributed by atoms with van der Waals surface area (Å²) in [6.45, 7) is 1.14. The first-order valence-corrected chi connectivity index (χ1v) is 9.04. The molecule has 1 atom stereocenters. The Kier molecular flexibility index (Phi) is 6.23. The lowest BCUT2D eigenvalue weighted by molar-refractivity contribution is -0.885. The normalized spacial score (nSPS) is 11.6. The van der Waals surface area contributed by atoms with Gasteiger partial charge in [0.15, 0.2) is 6.54 Å². The lowest BCUT2D eigenvalue weighted by Gasteiger charge is -2.16. The van der Waals surface area contributed by atoms with Gasteiger partial charge in [0, 0.05) is 16.8 Å². The van der Waals surface area contributed by atoms with Crippen molar-refractivity contribution >= 4 is 11.6 Å². The van der Waals surface area contributed by atoms with Crippen LogP contribution in [0.4, 0.5) is 5.69 Å². The molecule has 1 unspecified atom stereocenters. The van der Waals surface area contributed by atoms with E-state index in [-0.39, 0.29) is 5.91 Å². The van der Waals surface area contributed by atoms with E-state index in [1.807, 2.05) is 79.8 Å². The van der Waals surface area contributed by atoms with E-state index >= 15 is 0 Å². The van der Waals surface area contributed by atoms with Gasteiger partial charge in [0.1, 0.15) is 12.3 Å². The van der Waals surface area contributed by atoms with Crippen molar-refractivity contribution in [3.63, 3.8) is 0 Å². The highest BCUT2D eigenvalue weighted by atomic mass is 16.5. The van der Waals surface area contributed by atoms with Crippen LogP contribution in [0.25, 0.3) is 11.1 Å². The van der Waals surface area contributed by atoms with E-state index in [9.17, 15) is 4.79 Å². The van der Waals surface area contributed by atoms with Crippen LogP contribution in [-0.2, 0) is 11.3 Å². The molecule has 0 aliphatic carbocycles. The van der Waals surface area contributed by atoms with E-state index in [1.54, 1.807) is 7.11 Å². The molecule has 0 radical (unpaired) electrons. The Bertz CT molecular complexity index is 894. The number of hydrogen-bond donors (Lipinski definition) is 2. The number of amides is 1. The maximum atomic E-state index is 12.6. The molecule has 0 fully saturated rings. The Morgan fingerprint density at radius 2 is 1.70 bits per heavy atom. The standard InChI is InChI=1S/C23H24N2O2/c1-25(16-18-9-8-12-20(15-18)27-2)17-23(26)24-22-14-7-6-13-21(22)19-10-4-3-5-11-19/h3-15H,16-17H2,1-2H3,(H,24,26)/p+1. The smallest absolute Gasteiger partial charge is 0.279 e. The highest BCUT2D eigenvalue weighted by Crippen LogP contribution is 2.27. The van der Waals surface area contributed by atoms with Crippen LogP contribution in [0.5, 0.6) is 5.75 Å². The largest absolute Gasteiger partial charge is 0.497 e. The second-order valence-corrected chi connectivity index (χ2v) is 6.62. The van der Waals surface area contributed by atoms with E-state index in [0.29, 0.717) is 6.54 Å². The van der Waals surface area contributed by atoms with Gasteiger partial charge in [0.25, 0.3) is 5.91 Å². The molecule has 3 aromatic rings. The number of ether oxygens (including phenoxy) is 1. The minimum atomic E-state index is -0.00113. The van der Waals surface area contributed by atoms with Gasteiger partial charge in [-0.25, -0.2) is 0 Å². The average molecular weight is 361 g/mol. The molecule has 0 saturated heterocycles. The van der Waals surface area contributed by atoms with Gasteiger partial charge in [0.2, 0.25) is 0 Å². The minimum Gasteiger partial charge on any atom is -0.497 e. The first-order valence-electron chi connectivity index (χ1n) is 9.04. The summed E-state index contributed by atoms with van der Waals surface area (Å²) in [5, 5.41) is 3.06. The maximum Gasteiger partial charge on any atom is 0.279 e. The zero-order valence-electron chi connectivity index (χ0n) is 15.7. The number of para-hydroxylation sites is 1. The molecule has 0 aliphatic heterocycles. The van der Waals surface area contributed by atoms with Crippen molar-refractivity contribution in [2.45, 2.75) is 6.54 Å². The molecule has 3 aromatic carbocycles. The number of benzene rings is 3. The minimum absolute atomic E-state index is 0.00113. The summed E-state index contributed by atoms with van der Waals surface area (Å²) in [7, 11) is 3.68. The van der Waals surface area contributed by atoms with Gasteiger partial charge in [0.05, 0.1) is 14.2 Å². The number of rotatable bonds is 7. The Morgan fingerprint density at radius 3 is 2.48 bits per heavy atom. The molecule has 3 rings (SSSR count). The monoisotopic (exact) mass is 361 g/mol. The van der Waals surface area contributed by atoms with E-state index in [2.05, 4.69) is 11.4 Å². The SMILES string of the molecule is COc1cccc(C[NH+](C)CC(=O)Nc2ccccc2-c2ccccc2)c1. The predicted molar refractivity (Wildman–Crippen MR) is 109 cm³/mol. The first kappa shape index (κ1) is 18.7. The van der Waals surface area contributed by atoms with Crippen molar-refractivity contribution in [2.75, 3.05) is 26.0 Å². The molecule has 0 saturated carbocycles. The Balaban J connectivity index is 1.64. The maximum absolute atomic E-state index is 12.6. The Labute approximate surface area is 160 Å². The van der Waals surface area contributed by atoms with Gasteiger partial charge in [-0.15, -0.1) is 0 Å². The number of nitrogens with one attached hydrogen (secondary N) is 2. The van der Waals surface area contributed by atoms with Crippen LogP contribution in [-0.4, -0.2) is 26.6 Å². The summed E-state index contributed by atoms with van der Waals surface area (Å²) in [5.74, 6) is 0.834. The van der Waals surface area contributed by atoms with E-state index in [4.69, 9.17) is 4.74 Å². The van der Waals surface area contributed by atoms with Crippen molar-refractivity contribution in [1.29, 1.82) is 0 Å². The number of methoxy groups -OCH3 is 1. The second kappa shape index (κ2) is 9.01. The summed E-state index contributed by atoms with van der Waals surface area (Å²) in [6.07, 6.45) is 0. The van der Waals surface area contributed by atoms with Gasteiger partial charge in [-0.2, -0.15) is 0 Å². The van der Waals surface area contributed by atoms with E-state index in [1.165, 1.54) is 0 Å². The van der Waals surface area contributed by atoms with Gasteiger partial charge in [-0.3, -0.25) is 4.79 Å². The molecule has 0 bridgehead atoms. The number of anilines is 1. The van der Waals surface area contributed by atoms with E-state index < -0.39 is 0 Å². The van der Waals surface area contributed by atoms with Crippen molar-refractivity contribution in [2.24, 2.45) is 0 Å². The zero-order chi connectivity index (χ0) is 19.1. The van der Waals surface area contributed by atoms with Crippen molar-refractivity contribution in [1.82, 2.24) is 0 Å². The first-order chi connectivity index (χ1) is 13.2. The highest BCUT2D eigenvalue weighted by molar-refractivity contribution is 5.96. The summed E-state index contributed by atoms with van der Waals surface area (Å²) in [5.41, 5.74) is 4.09. The third kappa shape index (κ3) is 5.19. The van der Waals surface area contributed by atoms with Gasteiger partial charge >= 0.3 is 0 Å². The van der Waals surface area contributed by atoms with Gasteiger partial charge in [-0.05, 0) is 23.8 Å². The summed E-state index contributed by atoms with van der Waals surface area (Å²) >= 11 is 0. The number of carbonyl (C=O) groups is 1. The lowest BCUT2D eigenvalue weighted by Crippen LogP contribution is -3.08. The Hall–Kier alpha value is -3.11. The molecule has 0 heterocycles. The zero-order valence-corrected chi connectivity index (χ0v) is 15.7. The number of quaternary nitrogens is 1. The molecule has 4 nitrogen and oxygen atoms in total. The van der Waals surface area contributed by atoms with Crippen molar-refractivity contribution in [3.05, 3.63) is 84.4 Å². The third-order valence-electron chi connectivity index (χ3n) is 4.39. The molecule has 27 heavy (non-hydrogen) atoms. The van der Waals surface area contributed by atoms with Crippen LogP contribution in [0, 0.1) is 0 Å².